The molecule has 1 aliphatic heterocycles. The average molecular weight is 462 g/mol. The number of aromatic nitrogens is 2. The first-order valence-electron chi connectivity index (χ1n) is 11.6. The molecule has 9 heteroatoms. The van der Waals surface area contributed by atoms with Crippen LogP contribution in [-0.4, -0.2) is 40.7 Å². The first kappa shape index (κ1) is 24.3. The Morgan fingerprint density at radius 2 is 1.69 bits per heavy atom. The summed E-state index contributed by atoms with van der Waals surface area (Å²) in [5.74, 6) is 0. The van der Waals surface area contributed by atoms with Gasteiger partial charge in [0.1, 0.15) is 0 Å². The number of nitrogens with zero attached hydrogens (tertiary/aromatic N) is 2. The van der Waals surface area contributed by atoms with Gasteiger partial charge in [0.25, 0.3) is 0 Å². The Bertz CT molecular complexity index is 873. The van der Waals surface area contributed by atoms with Crippen molar-refractivity contribution in [2.24, 2.45) is 0 Å². The van der Waals surface area contributed by atoms with Crippen LogP contribution in [0.1, 0.15) is 61.8 Å². The van der Waals surface area contributed by atoms with Crippen molar-refractivity contribution in [2.75, 3.05) is 29.9 Å². The predicted octanol–water partition coefficient (Wildman–Crippen LogP) is 4.05. The Morgan fingerprint density at radius 1 is 1.06 bits per heavy atom. The number of ether oxygens (including phenoxy) is 1. The molecule has 2 heterocycles. The number of hydrogen-bond acceptors (Lipinski definition) is 4. The number of benzene rings is 1. The molecule has 0 bridgehead atoms. The number of urea groups is 1. The maximum Gasteiger partial charge on any atom is 0.332 e. The number of aryl methyl sites for hydroxylation is 2. The van der Waals surface area contributed by atoms with Gasteiger partial charge in [-0.05, 0) is 73.6 Å². The third-order valence-corrected chi connectivity index (χ3v) is 6.88. The molecule has 1 unspecified atom stereocenters. The molecule has 0 spiro atoms. The second kappa shape index (κ2) is 12.0. The van der Waals surface area contributed by atoms with Crippen LogP contribution in [0.25, 0.3) is 0 Å². The Balaban J connectivity index is 0.000000359. The molecule has 3 N–H and O–H groups in total. The van der Waals surface area contributed by atoms with Crippen molar-refractivity contribution in [3.05, 3.63) is 40.7 Å². The number of aromatic amines is 1. The highest BCUT2D eigenvalue weighted by Crippen LogP contribution is 2.38. The number of carbonyl (C=O) groups excluding carboxylic acids is 1. The van der Waals surface area contributed by atoms with Gasteiger partial charge in [0.15, 0.2) is 0 Å². The van der Waals surface area contributed by atoms with Crippen molar-refractivity contribution in [2.45, 2.75) is 65.2 Å². The van der Waals surface area contributed by atoms with E-state index in [0.717, 1.165) is 57.4 Å². The van der Waals surface area contributed by atoms with Crippen molar-refractivity contribution in [3.63, 3.8) is 0 Å². The standard InChI is InChI=1S/C17H21N5O2S.C4H8O.C2H6/c1-22(13-9-18-19-10-13)25(24)21-17(23)20-16-14-6-2-4-11(14)8-12-5-3-7-15(12)16;1-2-4-5-3-1;1-2/h8-10H,2-7H2,1H3,(H,18,19)(H2,20,21,23);1-4H2;1-2H3. The van der Waals surface area contributed by atoms with Crippen molar-refractivity contribution in [3.8, 4) is 0 Å². The fourth-order valence-electron chi connectivity index (χ4n) is 4.28. The second-order valence-corrected chi connectivity index (χ2v) is 9.06. The summed E-state index contributed by atoms with van der Waals surface area (Å²) in [5.41, 5.74) is 6.80. The van der Waals surface area contributed by atoms with E-state index >= 15 is 0 Å². The number of amides is 2. The van der Waals surface area contributed by atoms with Crippen molar-refractivity contribution in [1.82, 2.24) is 14.9 Å². The lowest BCUT2D eigenvalue weighted by atomic mass is 9.99. The summed E-state index contributed by atoms with van der Waals surface area (Å²) in [6.07, 6.45) is 12.1. The van der Waals surface area contributed by atoms with E-state index in [1.165, 1.54) is 39.4 Å². The van der Waals surface area contributed by atoms with Crippen molar-refractivity contribution in [1.29, 1.82) is 0 Å². The van der Waals surface area contributed by atoms with E-state index in [0.29, 0.717) is 5.69 Å². The summed E-state index contributed by atoms with van der Waals surface area (Å²) in [7, 11) is 1.64. The van der Waals surface area contributed by atoms with Gasteiger partial charge >= 0.3 is 6.03 Å². The summed E-state index contributed by atoms with van der Waals surface area (Å²) in [4.78, 5) is 12.4. The Kier molecular flexibility index (Phi) is 9.11. The Labute approximate surface area is 193 Å². The molecule has 1 atom stereocenters. The van der Waals surface area contributed by atoms with Gasteiger partial charge in [0, 0.05) is 32.1 Å². The van der Waals surface area contributed by atoms with Crippen molar-refractivity contribution >= 4 is 28.6 Å². The summed E-state index contributed by atoms with van der Waals surface area (Å²) >= 11 is -1.68. The fourth-order valence-corrected chi connectivity index (χ4v) is 4.91. The number of carbonyl (C=O) groups is 1. The molecule has 176 valence electrons. The lowest BCUT2D eigenvalue weighted by Gasteiger charge is -2.19. The van der Waals surface area contributed by atoms with Crippen LogP contribution in [0.15, 0.2) is 18.5 Å². The number of rotatable bonds is 4. The molecule has 3 aliphatic rings. The maximum absolute atomic E-state index is 12.4. The molecule has 1 fully saturated rings. The number of H-pyrrole nitrogens is 1. The van der Waals surface area contributed by atoms with Gasteiger partial charge in [0.2, 0.25) is 11.2 Å². The molecule has 32 heavy (non-hydrogen) atoms. The molecule has 1 saturated heterocycles. The van der Waals surface area contributed by atoms with E-state index in [-0.39, 0.29) is 0 Å². The normalized spacial score (nSPS) is 16.6. The summed E-state index contributed by atoms with van der Waals surface area (Å²) < 4.78 is 21.2. The van der Waals surface area contributed by atoms with E-state index in [1.807, 2.05) is 13.8 Å². The number of hydrogen-bond donors (Lipinski definition) is 3. The van der Waals surface area contributed by atoms with Crippen LogP contribution in [0.2, 0.25) is 0 Å². The smallest absolute Gasteiger partial charge is 0.332 e. The zero-order valence-corrected chi connectivity index (χ0v) is 20.1. The van der Waals surface area contributed by atoms with Gasteiger partial charge < -0.3 is 10.1 Å². The predicted molar refractivity (Wildman–Crippen MR) is 129 cm³/mol. The molecule has 1 aromatic heterocycles. The minimum Gasteiger partial charge on any atom is -0.381 e. The Morgan fingerprint density at radius 3 is 2.19 bits per heavy atom. The highest BCUT2D eigenvalue weighted by atomic mass is 32.2. The molecule has 2 aliphatic carbocycles. The molecule has 0 saturated carbocycles. The molecule has 1 aromatic carbocycles. The van der Waals surface area contributed by atoms with Crippen LogP contribution in [-0.2, 0) is 41.6 Å². The van der Waals surface area contributed by atoms with Gasteiger partial charge in [0.05, 0.1) is 11.9 Å². The van der Waals surface area contributed by atoms with E-state index in [9.17, 15) is 9.00 Å². The number of anilines is 2. The van der Waals surface area contributed by atoms with Gasteiger partial charge in [-0.3, -0.25) is 9.40 Å². The molecule has 0 radical (unpaired) electrons. The quantitative estimate of drug-likeness (QED) is 0.640. The molecule has 2 amide bonds. The summed E-state index contributed by atoms with van der Waals surface area (Å²) in [6, 6.07) is 1.88. The highest BCUT2D eigenvalue weighted by molar-refractivity contribution is 7.85. The number of nitrogens with one attached hydrogen (secondary N) is 3. The zero-order valence-electron chi connectivity index (χ0n) is 19.3. The van der Waals surface area contributed by atoms with Gasteiger partial charge in [-0.1, -0.05) is 19.9 Å². The third kappa shape index (κ3) is 5.89. The van der Waals surface area contributed by atoms with Gasteiger partial charge in [-0.25, -0.2) is 13.7 Å². The van der Waals surface area contributed by atoms with Crippen LogP contribution < -0.4 is 14.3 Å². The van der Waals surface area contributed by atoms with E-state index in [2.05, 4.69) is 26.3 Å². The highest BCUT2D eigenvalue weighted by Gasteiger charge is 2.25. The SMILES string of the molecule is C1CCOC1.CC.CN(c1cn[nH]c1)S(=O)NC(=O)Nc1c2c(cc3c1CCC3)CCC2. The van der Waals surface area contributed by atoms with Crippen LogP contribution in [0, 0.1) is 0 Å². The lowest BCUT2D eigenvalue weighted by Crippen LogP contribution is -2.38. The lowest BCUT2D eigenvalue weighted by molar-refractivity contribution is 0.198. The van der Waals surface area contributed by atoms with Crippen molar-refractivity contribution < 1.29 is 13.7 Å². The summed E-state index contributed by atoms with van der Waals surface area (Å²) in [5, 5.41) is 9.46. The van der Waals surface area contributed by atoms with E-state index in [4.69, 9.17) is 4.74 Å². The maximum atomic E-state index is 12.4. The molecule has 2 aromatic rings. The van der Waals surface area contributed by atoms with Crippen LogP contribution in [0.4, 0.5) is 16.2 Å². The molecule has 5 rings (SSSR count). The van der Waals surface area contributed by atoms with E-state index < -0.39 is 17.2 Å². The third-order valence-electron chi connectivity index (χ3n) is 5.82. The Hall–Kier alpha value is -2.39. The minimum absolute atomic E-state index is 0.442. The van der Waals surface area contributed by atoms with Crippen LogP contribution >= 0.6 is 0 Å². The van der Waals surface area contributed by atoms with Gasteiger partial charge in [-0.15, -0.1) is 0 Å². The monoisotopic (exact) mass is 461 g/mol. The summed E-state index contributed by atoms with van der Waals surface area (Å²) in [6.45, 7) is 6.00. The second-order valence-electron chi connectivity index (χ2n) is 7.81. The van der Waals surface area contributed by atoms with Crippen LogP contribution in [0.3, 0.4) is 0 Å². The van der Waals surface area contributed by atoms with E-state index in [1.54, 1.807) is 19.4 Å². The zero-order chi connectivity index (χ0) is 22.9. The average Bonchev–Trinajstić information content (AvgIpc) is 3.61. The molecule has 8 nitrogen and oxygen atoms in total. The largest absolute Gasteiger partial charge is 0.381 e. The molecular weight excluding hydrogens is 426 g/mol. The fraction of sp³-hybridized carbons (Fsp3) is 0.565. The van der Waals surface area contributed by atoms with Crippen LogP contribution in [0.5, 0.6) is 0 Å². The molecular formula is C23H35N5O3S. The van der Waals surface area contributed by atoms with Gasteiger partial charge in [-0.2, -0.15) is 5.10 Å². The first-order chi connectivity index (χ1) is 15.6. The first-order valence-corrected chi connectivity index (χ1v) is 12.7. The topological polar surface area (TPSA) is 99.3 Å². The number of fused-ring (bicyclic) bond motifs is 2. The minimum atomic E-state index is -1.68.